The molecule has 0 aliphatic heterocycles. The summed E-state index contributed by atoms with van der Waals surface area (Å²) < 4.78 is 0. The maximum Gasteiger partial charge on any atom is 0.201 e. The van der Waals surface area contributed by atoms with Gasteiger partial charge in [-0.3, -0.25) is 0 Å². The van der Waals surface area contributed by atoms with E-state index < -0.39 is 0 Å². The van der Waals surface area contributed by atoms with E-state index in [0.717, 1.165) is 5.69 Å². The second-order valence-electron chi connectivity index (χ2n) is 2.33. The van der Waals surface area contributed by atoms with Gasteiger partial charge in [0, 0.05) is 5.69 Å². The van der Waals surface area contributed by atoms with Crippen molar-refractivity contribution in [2.45, 2.75) is 6.92 Å². The number of fused-ring (bicyclic) bond motifs is 1. The number of aryl methyl sites for hydroxylation is 1. The molecule has 0 fully saturated rings. The van der Waals surface area contributed by atoms with Gasteiger partial charge in [-0.15, -0.1) is 5.10 Å². The second kappa shape index (κ2) is 2.05. The van der Waals surface area contributed by atoms with Crippen molar-refractivity contribution < 1.29 is 0 Å². The van der Waals surface area contributed by atoms with Gasteiger partial charge in [-0.2, -0.15) is 10.3 Å². The Labute approximate surface area is 64.4 Å². The average molecular weight is 144 g/mol. The molecule has 2 rings (SSSR count). The molecular weight excluding hydrogens is 139 g/mol. The molecule has 0 saturated heterocycles. The Balaban J connectivity index is 2.86. The zero-order chi connectivity index (χ0) is 7.84. The largest absolute Gasteiger partial charge is 0.231 e. The molecular formula is C6H5BN4. The normalized spacial score (nSPS) is 10.6. The van der Waals surface area contributed by atoms with Gasteiger partial charge in [0.2, 0.25) is 5.65 Å². The maximum atomic E-state index is 5.60. The number of nitrogens with one attached hydrogen (secondary N) is 1. The maximum absolute atomic E-state index is 5.60. The highest BCUT2D eigenvalue weighted by atomic mass is 15.3. The number of nitrogens with zero attached hydrogens (tertiary/aromatic N) is 3. The minimum atomic E-state index is 0.608. The molecule has 52 valence electrons. The number of aromatic amines is 1. The predicted molar refractivity (Wildman–Crippen MR) is 41.8 cm³/mol. The zero-order valence-electron chi connectivity index (χ0n) is 6.00. The summed E-state index contributed by atoms with van der Waals surface area (Å²) in [4.78, 5) is 4.11. The van der Waals surface area contributed by atoms with Crippen LogP contribution in [0.1, 0.15) is 5.69 Å². The van der Waals surface area contributed by atoms with Crippen molar-refractivity contribution in [3.8, 4) is 0 Å². The summed E-state index contributed by atoms with van der Waals surface area (Å²) in [5.74, 6) is 0. The Morgan fingerprint density at radius 1 is 1.45 bits per heavy atom. The first kappa shape index (κ1) is 6.33. The third-order valence-corrected chi connectivity index (χ3v) is 1.54. The Kier molecular flexibility index (Phi) is 1.18. The Bertz CT molecular complexity index is 358. The van der Waals surface area contributed by atoms with Crippen molar-refractivity contribution in [1.29, 1.82) is 0 Å². The fourth-order valence-corrected chi connectivity index (χ4v) is 0.888. The van der Waals surface area contributed by atoms with Gasteiger partial charge in [-0.05, 0) is 13.0 Å². The van der Waals surface area contributed by atoms with Crippen molar-refractivity contribution in [2.75, 3.05) is 0 Å². The zero-order valence-corrected chi connectivity index (χ0v) is 6.00. The van der Waals surface area contributed by atoms with Gasteiger partial charge in [-0.25, -0.2) is 4.98 Å². The summed E-state index contributed by atoms with van der Waals surface area (Å²) in [5, 5.41) is 10.1. The van der Waals surface area contributed by atoms with Crippen LogP contribution in [0.3, 0.4) is 0 Å². The number of pyridine rings is 1. The standard InChI is InChI=1S/C6H5BN4/c1-3-4(7)2-5-6(8-3)10-11-9-5/h2H,1H3,(H,8,9,10,11). The van der Waals surface area contributed by atoms with E-state index in [-0.39, 0.29) is 0 Å². The Morgan fingerprint density at radius 2 is 2.27 bits per heavy atom. The molecule has 0 amide bonds. The van der Waals surface area contributed by atoms with Gasteiger partial charge in [0.15, 0.2) is 0 Å². The molecule has 4 nitrogen and oxygen atoms in total. The molecule has 11 heavy (non-hydrogen) atoms. The van der Waals surface area contributed by atoms with Gasteiger partial charge in [0.05, 0.1) is 0 Å². The van der Waals surface area contributed by atoms with Crippen LogP contribution >= 0.6 is 0 Å². The van der Waals surface area contributed by atoms with Crippen molar-refractivity contribution in [1.82, 2.24) is 20.4 Å². The predicted octanol–water partition coefficient (Wildman–Crippen LogP) is -0.545. The van der Waals surface area contributed by atoms with Crippen molar-refractivity contribution in [3.05, 3.63) is 11.8 Å². The summed E-state index contributed by atoms with van der Waals surface area (Å²) in [6.07, 6.45) is 0. The first-order valence-corrected chi connectivity index (χ1v) is 3.21. The minimum Gasteiger partial charge on any atom is -0.231 e. The number of rotatable bonds is 0. The van der Waals surface area contributed by atoms with Crippen LogP contribution in [0.15, 0.2) is 6.07 Å². The second-order valence-corrected chi connectivity index (χ2v) is 2.33. The quantitative estimate of drug-likeness (QED) is 0.505. The van der Waals surface area contributed by atoms with Crippen LogP contribution in [0, 0.1) is 6.92 Å². The van der Waals surface area contributed by atoms with Crippen LogP contribution in [0.2, 0.25) is 0 Å². The smallest absolute Gasteiger partial charge is 0.201 e. The van der Waals surface area contributed by atoms with Crippen LogP contribution in [0.5, 0.6) is 0 Å². The molecule has 2 aromatic rings. The Morgan fingerprint density at radius 3 is 3.09 bits per heavy atom. The van der Waals surface area contributed by atoms with E-state index in [1.165, 1.54) is 0 Å². The minimum absolute atomic E-state index is 0.608. The van der Waals surface area contributed by atoms with Gasteiger partial charge >= 0.3 is 0 Å². The lowest BCUT2D eigenvalue weighted by Gasteiger charge is -1.95. The SMILES string of the molecule is [B]c1cc2n[nH]nc2nc1C. The third-order valence-electron chi connectivity index (χ3n) is 1.54. The monoisotopic (exact) mass is 144 g/mol. The molecule has 0 atom stereocenters. The summed E-state index contributed by atoms with van der Waals surface area (Å²) in [6.45, 7) is 1.84. The van der Waals surface area contributed by atoms with Gasteiger partial charge in [0.1, 0.15) is 13.4 Å². The molecule has 0 spiro atoms. The van der Waals surface area contributed by atoms with E-state index in [2.05, 4.69) is 20.4 Å². The molecule has 2 aromatic heterocycles. The lowest BCUT2D eigenvalue weighted by atomic mass is 9.95. The topological polar surface area (TPSA) is 54.5 Å². The van der Waals surface area contributed by atoms with Crippen LogP contribution in [0.25, 0.3) is 11.2 Å². The van der Waals surface area contributed by atoms with Gasteiger partial charge < -0.3 is 0 Å². The molecule has 2 heterocycles. The van der Waals surface area contributed by atoms with Crippen molar-refractivity contribution >= 4 is 24.5 Å². The van der Waals surface area contributed by atoms with E-state index in [1.54, 1.807) is 6.07 Å². The van der Waals surface area contributed by atoms with Crippen LogP contribution in [-0.4, -0.2) is 28.2 Å². The highest BCUT2D eigenvalue weighted by molar-refractivity contribution is 6.33. The summed E-state index contributed by atoms with van der Waals surface area (Å²) in [5.41, 5.74) is 2.74. The molecule has 5 heteroatoms. The molecule has 0 aromatic carbocycles. The first-order valence-electron chi connectivity index (χ1n) is 3.21. The number of H-pyrrole nitrogens is 1. The van der Waals surface area contributed by atoms with Crippen molar-refractivity contribution in [2.24, 2.45) is 0 Å². The molecule has 0 aliphatic carbocycles. The van der Waals surface area contributed by atoms with E-state index in [0.29, 0.717) is 16.6 Å². The molecule has 2 radical (unpaired) electrons. The highest BCUT2D eigenvalue weighted by Crippen LogP contribution is 2.01. The summed E-state index contributed by atoms with van der Waals surface area (Å²) in [7, 11) is 5.60. The third kappa shape index (κ3) is 0.887. The number of hydrogen-bond acceptors (Lipinski definition) is 3. The number of hydrogen-bond donors (Lipinski definition) is 1. The van der Waals surface area contributed by atoms with Crippen LogP contribution < -0.4 is 5.46 Å². The fourth-order valence-electron chi connectivity index (χ4n) is 0.888. The highest BCUT2D eigenvalue weighted by Gasteiger charge is 2.00. The molecule has 0 saturated carbocycles. The summed E-state index contributed by atoms with van der Waals surface area (Å²) in [6, 6.07) is 1.75. The van der Waals surface area contributed by atoms with Crippen LogP contribution in [-0.2, 0) is 0 Å². The fraction of sp³-hybridized carbons (Fsp3) is 0.167. The first-order chi connectivity index (χ1) is 5.27. The Hall–Kier alpha value is -1.39. The van der Waals surface area contributed by atoms with Crippen molar-refractivity contribution in [3.63, 3.8) is 0 Å². The molecule has 0 bridgehead atoms. The average Bonchev–Trinajstić information content (AvgIpc) is 2.36. The lowest BCUT2D eigenvalue weighted by Crippen LogP contribution is -2.08. The van der Waals surface area contributed by atoms with Gasteiger partial charge in [-0.1, -0.05) is 5.46 Å². The summed E-state index contributed by atoms with van der Waals surface area (Å²) >= 11 is 0. The molecule has 0 unspecified atom stereocenters. The van der Waals surface area contributed by atoms with E-state index in [4.69, 9.17) is 7.85 Å². The van der Waals surface area contributed by atoms with Gasteiger partial charge in [0.25, 0.3) is 0 Å². The molecule has 0 aliphatic rings. The van der Waals surface area contributed by atoms with Crippen LogP contribution in [0.4, 0.5) is 0 Å². The molecule has 1 N–H and O–H groups in total. The van der Waals surface area contributed by atoms with E-state index >= 15 is 0 Å². The lowest BCUT2D eigenvalue weighted by molar-refractivity contribution is 0.953. The number of aromatic nitrogens is 4. The van der Waals surface area contributed by atoms with E-state index in [1.807, 2.05) is 6.92 Å². The van der Waals surface area contributed by atoms with E-state index in [9.17, 15) is 0 Å².